The van der Waals surface area contributed by atoms with Crippen molar-refractivity contribution in [2.45, 2.75) is 45.4 Å². The standard InChI is InChI=1S/C14H25NO4/c1-2-3-4-5-6-7-8-12(14(18)19)11-13(17)15-9-10-16/h7-8,12,16H,2-6,9-11H2,1H3,(H,15,17)(H,18,19). The maximum absolute atomic E-state index is 11.4. The molecule has 110 valence electrons. The number of carboxylic acid groups (broad SMARTS) is 1. The average molecular weight is 271 g/mol. The van der Waals surface area contributed by atoms with Crippen molar-refractivity contribution in [2.75, 3.05) is 13.2 Å². The summed E-state index contributed by atoms with van der Waals surface area (Å²) in [5.74, 6) is -2.13. The molecule has 1 amide bonds. The topological polar surface area (TPSA) is 86.6 Å². The second kappa shape index (κ2) is 11.7. The molecule has 1 unspecified atom stereocenters. The molecule has 19 heavy (non-hydrogen) atoms. The van der Waals surface area contributed by atoms with Crippen LogP contribution in [-0.2, 0) is 9.59 Å². The summed E-state index contributed by atoms with van der Waals surface area (Å²) < 4.78 is 0. The molecule has 0 saturated heterocycles. The van der Waals surface area contributed by atoms with Gasteiger partial charge in [0.1, 0.15) is 0 Å². The lowest BCUT2D eigenvalue weighted by molar-refractivity contribution is -0.142. The number of carbonyl (C=O) groups excluding carboxylic acids is 1. The van der Waals surface area contributed by atoms with Gasteiger partial charge in [0.25, 0.3) is 0 Å². The molecule has 5 nitrogen and oxygen atoms in total. The molecule has 0 aliphatic carbocycles. The molecule has 0 aromatic carbocycles. The van der Waals surface area contributed by atoms with Crippen LogP contribution < -0.4 is 5.32 Å². The van der Waals surface area contributed by atoms with E-state index in [9.17, 15) is 9.59 Å². The number of hydrogen-bond donors (Lipinski definition) is 3. The number of amides is 1. The summed E-state index contributed by atoms with van der Waals surface area (Å²) in [6, 6.07) is 0. The van der Waals surface area contributed by atoms with Gasteiger partial charge >= 0.3 is 5.97 Å². The summed E-state index contributed by atoms with van der Waals surface area (Å²) >= 11 is 0. The van der Waals surface area contributed by atoms with Crippen LogP contribution >= 0.6 is 0 Å². The van der Waals surface area contributed by atoms with Crippen molar-refractivity contribution in [1.29, 1.82) is 0 Å². The maximum atomic E-state index is 11.4. The summed E-state index contributed by atoms with van der Waals surface area (Å²) in [7, 11) is 0. The van der Waals surface area contributed by atoms with Gasteiger partial charge in [0.15, 0.2) is 0 Å². The van der Waals surface area contributed by atoms with E-state index in [-0.39, 0.29) is 25.5 Å². The number of allylic oxidation sites excluding steroid dienone is 1. The van der Waals surface area contributed by atoms with Gasteiger partial charge in [0, 0.05) is 13.0 Å². The minimum Gasteiger partial charge on any atom is -0.481 e. The van der Waals surface area contributed by atoms with E-state index in [0.717, 1.165) is 19.3 Å². The number of rotatable bonds is 11. The van der Waals surface area contributed by atoms with Crippen LogP contribution in [0.5, 0.6) is 0 Å². The van der Waals surface area contributed by atoms with Gasteiger partial charge in [0.05, 0.1) is 12.5 Å². The van der Waals surface area contributed by atoms with Crippen molar-refractivity contribution < 1.29 is 19.8 Å². The highest BCUT2D eigenvalue weighted by molar-refractivity contribution is 5.83. The van der Waals surface area contributed by atoms with Gasteiger partial charge in [-0.1, -0.05) is 38.3 Å². The van der Waals surface area contributed by atoms with E-state index in [1.165, 1.54) is 12.8 Å². The van der Waals surface area contributed by atoms with E-state index in [4.69, 9.17) is 10.2 Å². The van der Waals surface area contributed by atoms with Crippen LogP contribution in [0.4, 0.5) is 0 Å². The molecule has 0 heterocycles. The van der Waals surface area contributed by atoms with Gasteiger partial charge in [-0.15, -0.1) is 0 Å². The van der Waals surface area contributed by atoms with Crippen LogP contribution in [0.25, 0.3) is 0 Å². The molecule has 1 atom stereocenters. The monoisotopic (exact) mass is 271 g/mol. The summed E-state index contributed by atoms with van der Waals surface area (Å²) in [5, 5.41) is 20.0. The molecule has 0 aromatic heterocycles. The van der Waals surface area contributed by atoms with Gasteiger partial charge in [-0.25, -0.2) is 0 Å². The molecular formula is C14H25NO4. The van der Waals surface area contributed by atoms with Crippen molar-refractivity contribution in [2.24, 2.45) is 5.92 Å². The van der Waals surface area contributed by atoms with Crippen LogP contribution in [0, 0.1) is 5.92 Å². The van der Waals surface area contributed by atoms with Gasteiger partial charge < -0.3 is 15.5 Å². The Kier molecular flexibility index (Phi) is 10.9. The number of unbranched alkanes of at least 4 members (excludes halogenated alkanes) is 4. The zero-order chi connectivity index (χ0) is 14.5. The highest BCUT2D eigenvalue weighted by Crippen LogP contribution is 2.09. The van der Waals surface area contributed by atoms with Crippen molar-refractivity contribution in [3.05, 3.63) is 12.2 Å². The van der Waals surface area contributed by atoms with E-state index in [1.54, 1.807) is 6.08 Å². The number of aliphatic hydroxyl groups is 1. The Labute approximate surface area is 114 Å². The largest absolute Gasteiger partial charge is 0.481 e. The minimum atomic E-state index is -0.996. The number of hydrogen-bond acceptors (Lipinski definition) is 3. The number of aliphatic hydroxyl groups excluding tert-OH is 1. The number of nitrogens with one attached hydrogen (secondary N) is 1. The molecule has 0 spiro atoms. The van der Waals surface area contributed by atoms with E-state index >= 15 is 0 Å². The summed E-state index contributed by atoms with van der Waals surface area (Å²) in [6.07, 6.45) is 8.76. The van der Waals surface area contributed by atoms with Crippen LogP contribution in [0.3, 0.4) is 0 Å². The molecule has 3 N–H and O–H groups in total. The molecule has 0 saturated carbocycles. The van der Waals surface area contributed by atoms with E-state index in [2.05, 4.69) is 12.2 Å². The second-order valence-corrected chi connectivity index (χ2v) is 4.50. The molecule has 0 rings (SSSR count). The van der Waals surface area contributed by atoms with E-state index < -0.39 is 11.9 Å². The summed E-state index contributed by atoms with van der Waals surface area (Å²) in [4.78, 5) is 22.4. The molecule has 0 bridgehead atoms. The molecule has 0 aromatic rings. The predicted molar refractivity (Wildman–Crippen MR) is 73.7 cm³/mol. The molecule has 0 radical (unpaired) electrons. The van der Waals surface area contributed by atoms with Crippen LogP contribution in [0.1, 0.15) is 45.4 Å². The Morgan fingerprint density at radius 2 is 2.00 bits per heavy atom. The fourth-order valence-corrected chi connectivity index (χ4v) is 1.65. The minimum absolute atomic E-state index is 0.0825. The zero-order valence-electron chi connectivity index (χ0n) is 11.6. The lowest BCUT2D eigenvalue weighted by Crippen LogP contribution is -2.29. The first kappa shape index (κ1) is 17.6. The Morgan fingerprint density at radius 1 is 1.26 bits per heavy atom. The Bertz CT molecular complexity index is 289. The van der Waals surface area contributed by atoms with Gasteiger partial charge in [-0.2, -0.15) is 0 Å². The molecule has 0 fully saturated rings. The number of carbonyl (C=O) groups is 2. The highest BCUT2D eigenvalue weighted by atomic mass is 16.4. The molecule has 5 heteroatoms. The normalized spacial score (nSPS) is 12.5. The first-order valence-corrected chi connectivity index (χ1v) is 6.88. The lowest BCUT2D eigenvalue weighted by atomic mass is 10.0. The quantitative estimate of drug-likeness (QED) is 0.394. The summed E-state index contributed by atoms with van der Waals surface area (Å²) in [5.41, 5.74) is 0. The fraction of sp³-hybridized carbons (Fsp3) is 0.714. The van der Waals surface area contributed by atoms with Gasteiger partial charge in [-0.3, -0.25) is 9.59 Å². The third-order valence-electron chi connectivity index (χ3n) is 2.75. The van der Waals surface area contributed by atoms with Crippen molar-refractivity contribution in [3.8, 4) is 0 Å². The first-order valence-electron chi connectivity index (χ1n) is 6.88. The fourth-order valence-electron chi connectivity index (χ4n) is 1.65. The first-order chi connectivity index (χ1) is 9.11. The predicted octanol–water partition coefficient (Wildman–Crippen LogP) is 1.71. The van der Waals surface area contributed by atoms with Crippen molar-refractivity contribution in [3.63, 3.8) is 0 Å². The number of carboxylic acids is 1. The van der Waals surface area contributed by atoms with Crippen LogP contribution in [0.15, 0.2) is 12.2 Å². The maximum Gasteiger partial charge on any atom is 0.310 e. The Morgan fingerprint density at radius 3 is 2.58 bits per heavy atom. The lowest BCUT2D eigenvalue weighted by Gasteiger charge is -2.07. The third-order valence-corrected chi connectivity index (χ3v) is 2.75. The SMILES string of the molecule is CCCCCCC=CC(CC(=O)NCCO)C(=O)O. The van der Waals surface area contributed by atoms with Gasteiger partial charge in [0.2, 0.25) is 5.91 Å². The number of aliphatic carboxylic acids is 1. The molecule has 0 aliphatic rings. The van der Waals surface area contributed by atoms with Crippen LogP contribution in [0.2, 0.25) is 0 Å². The van der Waals surface area contributed by atoms with Crippen molar-refractivity contribution in [1.82, 2.24) is 5.32 Å². The summed E-state index contributed by atoms with van der Waals surface area (Å²) in [6.45, 7) is 2.16. The van der Waals surface area contributed by atoms with Crippen LogP contribution in [-0.4, -0.2) is 35.2 Å². The second-order valence-electron chi connectivity index (χ2n) is 4.50. The Balaban J connectivity index is 4.01. The van der Waals surface area contributed by atoms with E-state index in [1.807, 2.05) is 6.08 Å². The zero-order valence-corrected chi connectivity index (χ0v) is 11.6. The average Bonchev–Trinajstić information content (AvgIpc) is 2.38. The molecule has 0 aliphatic heterocycles. The Hall–Kier alpha value is -1.36. The highest BCUT2D eigenvalue weighted by Gasteiger charge is 2.17. The van der Waals surface area contributed by atoms with Gasteiger partial charge in [-0.05, 0) is 12.8 Å². The molecular weight excluding hydrogens is 246 g/mol. The third kappa shape index (κ3) is 10.3. The van der Waals surface area contributed by atoms with Crippen molar-refractivity contribution >= 4 is 11.9 Å². The smallest absolute Gasteiger partial charge is 0.310 e. The van der Waals surface area contributed by atoms with E-state index in [0.29, 0.717) is 0 Å².